The fourth-order valence-corrected chi connectivity index (χ4v) is 1.73. The van der Waals surface area contributed by atoms with Crippen LogP contribution in [0.15, 0.2) is 0 Å². The molecule has 0 aromatic carbocycles. The van der Waals surface area contributed by atoms with E-state index in [-0.39, 0.29) is 30.4 Å². The first-order chi connectivity index (χ1) is 9.49. The van der Waals surface area contributed by atoms with Crippen LogP contribution in [0, 0.1) is 24.0 Å². The maximum atomic E-state index is 11.7. The summed E-state index contributed by atoms with van der Waals surface area (Å²) in [5, 5.41) is 30.4. The van der Waals surface area contributed by atoms with Gasteiger partial charge in [-0.1, -0.05) is 5.21 Å². The predicted octanol–water partition coefficient (Wildman–Crippen LogP) is -0.762. The fraction of sp³-hybridized carbons (Fsp3) is 0.444. The second kappa shape index (κ2) is 5.42. The molecular weight excluding hydrogens is 268 g/mol. The van der Waals surface area contributed by atoms with Crippen molar-refractivity contribution in [3.05, 3.63) is 27.3 Å². The number of aryl methyl sites for hydroxylation is 1. The molecule has 0 aliphatic heterocycles. The summed E-state index contributed by atoms with van der Waals surface area (Å²) < 4.78 is 1.29. The van der Waals surface area contributed by atoms with Crippen molar-refractivity contribution in [1.29, 1.82) is 0 Å². The van der Waals surface area contributed by atoms with Gasteiger partial charge in [0.25, 0.3) is 0 Å². The maximum absolute atomic E-state index is 11.7. The summed E-state index contributed by atoms with van der Waals surface area (Å²) in [4.78, 5) is 22.1. The van der Waals surface area contributed by atoms with Crippen molar-refractivity contribution in [2.24, 2.45) is 0 Å². The van der Waals surface area contributed by atoms with E-state index in [4.69, 9.17) is 0 Å². The number of nitrogens with one attached hydrogen (secondary N) is 2. The van der Waals surface area contributed by atoms with Crippen molar-refractivity contribution in [3.63, 3.8) is 0 Å². The molecule has 0 saturated heterocycles. The molecule has 0 aliphatic carbocycles. The highest BCUT2D eigenvalue weighted by Gasteiger charge is 2.22. The molecule has 1 amide bonds. The summed E-state index contributed by atoms with van der Waals surface area (Å²) in [6.45, 7) is 3.08. The summed E-state index contributed by atoms with van der Waals surface area (Å²) >= 11 is 0. The lowest BCUT2D eigenvalue weighted by molar-refractivity contribution is -0.386. The molecule has 11 heteroatoms. The third-order valence-corrected chi connectivity index (χ3v) is 2.65. The lowest BCUT2D eigenvalue weighted by atomic mass is 10.3. The number of aromatic nitrogens is 6. The van der Waals surface area contributed by atoms with Crippen molar-refractivity contribution in [2.45, 2.75) is 26.9 Å². The average molecular weight is 280 g/mol. The number of aromatic amines is 1. The second-order valence-electron chi connectivity index (χ2n) is 4.04. The lowest BCUT2D eigenvalue weighted by Gasteiger charge is -2.04. The molecule has 11 nitrogen and oxygen atoms in total. The van der Waals surface area contributed by atoms with E-state index in [1.165, 1.54) is 11.6 Å². The summed E-state index contributed by atoms with van der Waals surface area (Å²) in [5.74, 6) is -0.00648. The van der Waals surface area contributed by atoms with Crippen LogP contribution in [0.1, 0.15) is 17.2 Å². The van der Waals surface area contributed by atoms with Crippen LogP contribution >= 0.6 is 0 Å². The zero-order valence-corrected chi connectivity index (χ0v) is 10.8. The number of nitro groups is 1. The molecule has 0 radical (unpaired) electrons. The summed E-state index contributed by atoms with van der Waals surface area (Å²) in [6.07, 6.45) is 0. The first-order valence-electron chi connectivity index (χ1n) is 5.66. The Bertz CT molecular complexity index is 632. The van der Waals surface area contributed by atoms with Gasteiger partial charge < -0.3 is 5.32 Å². The van der Waals surface area contributed by atoms with Crippen molar-refractivity contribution < 1.29 is 9.72 Å². The van der Waals surface area contributed by atoms with Gasteiger partial charge in [-0.05, 0) is 13.8 Å². The number of hydrogen-bond donors (Lipinski definition) is 2. The van der Waals surface area contributed by atoms with Crippen molar-refractivity contribution in [1.82, 2.24) is 35.7 Å². The van der Waals surface area contributed by atoms with E-state index in [1.54, 1.807) is 6.92 Å². The van der Waals surface area contributed by atoms with Gasteiger partial charge in [0.1, 0.15) is 17.9 Å². The number of H-pyrrole nitrogens is 1. The molecule has 0 bridgehead atoms. The van der Waals surface area contributed by atoms with Crippen LogP contribution in [0.4, 0.5) is 5.69 Å². The monoisotopic (exact) mass is 280 g/mol. The third kappa shape index (κ3) is 2.76. The van der Waals surface area contributed by atoms with E-state index >= 15 is 0 Å². The Morgan fingerprint density at radius 2 is 2.25 bits per heavy atom. The number of rotatable bonds is 5. The Hall–Kier alpha value is -2.85. The molecule has 0 atom stereocenters. The van der Waals surface area contributed by atoms with Crippen LogP contribution in [-0.4, -0.2) is 41.2 Å². The summed E-state index contributed by atoms with van der Waals surface area (Å²) in [7, 11) is 0. The van der Waals surface area contributed by atoms with Crippen molar-refractivity contribution in [2.75, 3.05) is 0 Å². The minimum Gasteiger partial charge on any atom is -0.347 e. The van der Waals surface area contributed by atoms with Gasteiger partial charge in [-0.2, -0.15) is 10.3 Å². The number of amides is 1. The quantitative estimate of drug-likeness (QED) is 0.540. The van der Waals surface area contributed by atoms with Gasteiger partial charge in [-0.15, -0.1) is 10.2 Å². The highest BCUT2D eigenvalue weighted by Crippen LogP contribution is 2.21. The van der Waals surface area contributed by atoms with Gasteiger partial charge in [0.15, 0.2) is 5.82 Å². The Balaban J connectivity index is 2.01. The minimum atomic E-state index is -0.509. The summed E-state index contributed by atoms with van der Waals surface area (Å²) in [5.41, 5.74) is 0.539. The molecule has 0 fully saturated rings. The Morgan fingerprint density at radius 1 is 1.50 bits per heavy atom. The second-order valence-corrected chi connectivity index (χ2v) is 4.04. The van der Waals surface area contributed by atoms with Crippen molar-refractivity contribution in [3.8, 4) is 0 Å². The maximum Gasteiger partial charge on any atom is 0.312 e. The van der Waals surface area contributed by atoms with Gasteiger partial charge in [-0.3, -0.25) is 19.6 Å². The van der Waals surface area contributed by atoms with Gasteiger partial charge >= 0.3 is 5.69 Å². The highest BCUT2D eigenvalue weighted by atomic mass is 16.6. The Labute approximate surface area is 112 Å². The molecule has 0 aliphatic rings. The predicted molar refractivity (Wildman–Crippen MR) is 64.4 cm³/mol. The Morgan fingerprint density at radius 3 is 2.80 bits per heavy atom. The Kier molecular flexibility index (Phi) is 3.68. The van der Waals surface area contributed by atoms with Crippen LogP contribution < -0.4 is 5.32 Å². The van der Waals surface area contributed by atoms with Crippen molar-refractivity contribution >= 4 is 11.6 Å². The standard InChI is InChI=1S/C9H12N8O3/c1-5-9(17(19)20)6(2)16(13-5)4-8(18)10-3-7-11-14-15-12-7/h3-4H2,1-2H3,(H,10,18)(H,11,12,14,15). The van der Waals surface area contributed by atoms with E-state index in [0.29, 0.717) is 11.5 Å². The molecular formula is C9H12N8O3. The lowest BCUT2D eigenvalue weighted by Crippen LogP contribution is -2.28. The highest BCUT2D eigenvalue weighted by molar-refractivity contribution is 5.75. The molecule has 0 spiro atoms. The molecule has 2 N–H and O–H groups in total. The number of carbonyl (C=O) groups excluding carboxylic acids is 1. The molecule has 2 heterocycles. The molecule has 0 unspecified atom stereocenters. The fourth-order valence-electron chi connectivity index (χ4n) is 1.73. The third-order valence-electron chi connectivity index (χ3n) is 2.65. The number of carbonyl (C=O) groups is 1. The number of tetrazole rings is 1. The van der Waals surface area contributed by atoms with Gasteiger partial charge in [-0.25, -0.2) is 0 Å². The van der Waals surface area contributed by atoms with Gasteiger partial charge in [0.2, 0.25) is 5.91 Å². The average Bonchev–Trinajstić information content (AvgIpc) is 2.96. The van der Waals surface area contributed by atoms with Gasteiger partial charge in [0, 0.05) is 0 Å². The SMILES string of the molecule is Cc1nn(CC(=O)NCc2nn[nH]n2)c(C)c1[N+](=O)[O-]. The topological polar surface area (TPSA) is 145 Å². The van der Waals surface area contributed by atoms with E-state index < -0.39 is 4.92 Å². The number of nitrogens with zero attached hydrogens (tertiary/aromatic N) is 6. The molecule has 0 saturated carbocycles. The molecule has 2 aromatic rings. The molecule has 20 heavy (non-hydrogen) atoms. The van der Waals surface area contributed by atoms with E-state index in [1.807, 2.05) is 0 Å². The normalized spacial score (nSPS) is 10.5. The van der Waals surface area contributed by atoms with Crippen LogP contribution in [-0.2, 0) is 17.9 Å². The summed E-state index contributed by atoms with van der Waals surface area (Å²) in [6, 6.07) is 0. The van der Waals surface area contributed by atoms with Crippen LogP contribution in [0.25, 0.3) is 0 Å². The first-order valence-corrected chi connectivity index (χ1v) is 5.66. The molecule has 2 rings (SSSR count). The first kappa shape index (κ1) is 13.6. The molecule has 2 aromatic heterocycles. The van der Waals surface area contributed by atoms with Gasteiger partial charge in [0.05, 0.1) is 11.5 Å². The number of hydrogen-bond acceptors (Lipinski definition) is 7. The van der Waals surface area contributed by atoms with Crippen LogP contribution in [0.5, 0.6) is 0 Å². The van der Waals surface area contributed by atoms with E-state index in [0.717, 1.165) is 0 Å². The van der Waals surface area contributed by atoms with E-state index in [9.17, 15) is 14.9 Å². The zero-order valence-electron chi connectivity index (χ0n) is 10.8. The van der Waals surface area contributed by atoms with Crippen LogP contribution in [0.2, 0.25) is 0 Å². The largest absolute Gasteiger partial charge is 0.347 e. The smallest absolute Gasteiger partial charge is 0.312 e. The zero-order chi connectivity index (χ0) is 14.7. The molecule has 106 valence electrons. The minimum absolute atomic E-state index is 0.0732. The van der Waals surface area contributed by atoms with E-state index in [2.05, 4.69) is 31.0 Å². The van der Waals surface area contributed by atoms with Crippen LogP contribution in [0.3, 0.4) is 0 Å².